The lowest BCUT2D eigenvalue weighted by Crippen LogP contribution is -2.53. The van der Waals surface area contributed by atoms with Crippen molar-refractivity contribution >= 4 is 23.5 Å². The van der Waals surface area contributed by atoms with E-state index in [-0.39, 0.29) is 23.7 Å². The molecule has 0 aromatic heterocycles. The Hall–Kier alpha value is -1.55. The zero-order valence-electron chi connectivity index (χ0n) is 11.0. The topological polar surface area (TPSA) is 57.6 Å². The van der Waals surface area contributed by atoms with Gasteiger partial charge in [0.1, 0.15) is 0 Å². The van der Waals surface area contributed by atoms with Gasteiger partial charge < -0.3 is 10.0 Å². The van der Waals surface area contributed by atoms with Crippen molar-refractivity contribution in [2.75, 3.05) is 13.1 Å². The molecule has 0 unspecified atom stereocenters. The highest BCUT2D eigenvalue weighted by atomic mass is 35.5. The van der Waals surface area contributed by atoms with E-state index >= 15 is 0 Å². The summed E-state index contributed by atoms with van der Waals surface area (Å²) in [6, 6.07) is 7.46. The van der Waals surface area contributed by atoms with E-state index in [1.807, 2.05) is 24.3 Å². The van der Waals surface area contributed by atoms with Crippen LogP contribution in [-0.2, 0) is 15.0 Å². The summed E-state index contributed by atoms with van der Waals surface area (Å²) < 4.78 is 0. The van der Waals surface area contributed by atoms with Gasteiger partial charge in [0.2, 0.25) is 5.91 Å². The maximum Gasteiger partial charge on any atom is 0.303 e. The number of halogens is 1. The van der Waals surface area contributed by atoms with Crippen molar-refractivity contribution in [2.24, 2.45) is 5.92 Å². The van der Waals surface area contributed by atoms with Crippen LogP contribution in [0.3, 0.4) is 0 Å². The van der Waals surface area contributed by atoms with Crippen molar-refractivity contribution in [3.05, 3.63) is 34.9 Å². The number of carboxylic acids is 1. The van der Waals surface area contributed by atoms with Crippen molar-refractivity contribution in [1.29, 1.82) is 0 Å². The normalized spacial score (nSPS) is 20.4. The van der Waals surface area contributed by atoms with E-state index in [0.717, 1.165) is 18.4 Å². The first-order valence-corrected chi connectivity index (χ1v) is 7.16. The molecule has 5 heteroatoms. The maximum atomic E-state index is 12.6. The quantitative estimate of drug-likeness (QED) is 0.927. The number of carbonyl (C=O) groups is 2. The van der Waals surface area contributed by atoms with Gasteiger partial charge >= 0.3 is 5.97 Å². The van der Waals surface area contributed by atoms with E-state index in [4.69, 9.17) is 16.7 Å². The molecule has 0 radical (unpaired) electrons. The molecular weight excluding hydrogens is 278 g/mol. The van der Waals surface area contributed by atoms with Crippen LogP contribution >= 0.6 is 11.6 Å². The highest BCUT2D eigenvalue weighted by Gasteiger charge is 2.54. The number of benzene rings is 1. The van der Waals surface area contributed by atoms with Gasteiger partial charge in [0.25, 0.3) is 0 Å². The minimum Gasteiger partial charge on any atom is -0.481 e. The zero-order chi connectivity index (χ0) is 14.3. The van der Waals surface area contributed by atoms with Crippen molar-refractivity contribution in [2.45, 2.75) is 24.7 Å². The summed E-state index contributed by atoms with van der Waals surface area (Å²) in [7, 11) is 0. The van der Waals surface area contributed by atoms with Crippen LogP contribution in [0.1, 0.15) is 24.8 Å². The average Bonchev–Trinajstić information content (AvgIpc) is 3.14. The van der Waals surface area contributed by atoms with Crippen molar-refractivity contribution in [1.82, 2.24) is 4.90 Å². The third-order valence-electron chi connectivity index (χ3n) is 4.26. The van der Waals surface area contributed by atoms with Gasteiger partial charge in [-0.1, -0.05) is 23.7 Å². The van der Waals surface area contributed by atoms with Crippen molar-refractivity contribution in [3.63, 3.8) is 0 Å². The lowest BCUT2D eigenvalue weighted by Gasteiger charge is -2.40. The zero-order valence-corrected chi connectivity index (χ0v) is 11.8. The van der Waals surface area contributed by atoms with Crippen LogP contribution in [0.5, 0.6) is 0 Å². The minimum absolute atomic E-state index is 0.109. The Morgan fingerprint density at radius 2 is 1.85 bits per heavy atom. The second kappa shape index (κ2) is 4.77. The van der Waals surface area contributed by atoms with Gasteiger partial charge in [-0.3, -0.25) is 9.59 Å². The Morgan fingerprint density at radius 1 is 1.25 bits per heavy atom. The summed E-state index contributed by atoms with van der Waals surface area (Å²) >= 11 is 5.88. The average molecular weight is 294 g/mol. The Bertz CT molecular complexity index is 545. The van der Waals surface area contributed by atoms with Crippen LogP contribution in [0.25, 0.3) is 0 Å². The molecule has 1 saturated heterocycles. The van der Waals surface area contributed by atoms with Gasteiger partial charge in [0.15, 0.2) is 0 Å². The lowest BCUT2D eigenvalue weighted by molar-refractivity contribution is -0.146. The molecule has 1 saturated carbocycles. The number of hydrogen-bond donors (Lipinski definition) is 1. The smallest absolute Gasteiger partial charge is 0.303 e. The summed E-state index contributed by atoms with van der Waals surface area (Å²) in [6.45, 7) is 1.14. The maximum absolute atomic E-state index is 12.6. The molecule has 1 N–H and O–H groups in total. The van der Waals surface area contributed by atoms with Crippen LogP contribution < -0.4 is 0 Å². The monoisotopic (exact) mass is 293 g/mol. The van der Waals surface area contributed by atoms with E-state index in [0.29, 0.717) is 18.1 Å². The van der Waals surface area contributed by atoms with E-state index in [2.05, 4.69) is 0 Å². The van der Waals surface area contributed by atoms with Gasteiger partial charge in [0, 0.05) is 24.0 Å². The van der Waals surface area contributed by atoms with E-state index in [1.165, 1.54) is 0 Å². The summed E-state index contributed by atoms with van der Waals surface area (Å²) in [5, 5.41) is 9.40. The number of carbonyl (C=O) groups excluding carboxylic acids is 1. The number of rotatable bonds is 4. The first-order valence-electron chi connectivity index (χ1n) is 6.78. The summed E-state index contributed by atoms with van der Waals surface area (Å²) in [6.07, 6.45) is 1.89. The van der Waals surface area contributed by atoms with Crippen LogP contribution in [-0.4, -0.2) is 35.0 Å². The lowest BCUT2D eigenvalue weighted by atomic mass is 9.89. The molecular formula is C15H16ClNO3. The number of nitrogens with zero attached hydrogens (tertiary/aromatic N) is 1. The number of likely N-dealkylation sites (tertiary alicyclic amines) is 1. The highest BCUT2D eigenvalue weighted by molar-refractivity contribution is 6.30. The predicted octanol–water partition coefficient (Wildman–Crippen LogP) is 2.30. The van der Waals surface area contributed by atoms with E-state index in [1.54, 1.807) is 4.90 Å². The molecule has 0 atom stereocenters. The number of amides is 1. The van der Waals surface area contributed by atoms with Crippen LogP contribution in [0.2, 0.25) is 5.02 Å². The fourth-order valence-electron chi connectivity index (χ4n) is 2.93. The summed E-state index contributed by atoms with van der Waals surface area (Å²) in [4.78, 5) is 25.0. The fraction of sp³-hybridized carbons (Fsp3) is 0.467. The SMILES string of the molecule is O=C(O)CC1CN(C(=O)C2(c3ccc(Cl)cc3)CC2)C1. The molecule has 20 heavy (non-hydrogen) atoms. The minimum atomic E-state index is -0.791. The third-order valence-corrected chi connectivity index (χ3v) is 4.52. The molecule has 0 spiro atoms. The standard InChI is InChI=1S/C15H16ClNO3/c16-12-3-1-11(2-4-12)15(5-6-15)14(20)17-8-10(9-17)7-13(18)19/h1-4,10H,5-9H2,(H,18,19). The Kier molecular flexibility index (Phi) is 3.21. The molecule has 2 aliphatic rings. The van der Waals surface area contributed by atoms with Crippen LogP contribution in [0, 0.1) is 5.92 Å². The Morgan fingerprint density at radius 3 is 2.35 bits per heavy atom. The molecule has 1 aromatic rings. The van der Waals surface area contributed by atoms with Gasteiger partial charge in [-0.25, -0.2) is 0 Å². The Balaban J connectivity index is 1.66. The second-order valence-electron chi connectivity index (χ2n) is 5.76. The molecule has 1 aromatic carbocycles. The fourth-order valence-corrected chi connectivity index (χ4v) is 3.06. The van der Waals surface area contributed by atoms with Gasteiger partial charge in [-0.05, 0) is 30.5 Å². The number of aliphatic carboxylic acids is 1. The molecule has 2 fully saturated rings. The van der Waals surface area contributed by atoms with E-state index < -0.39 is 5.97 Å². The van der Waals surface area contributed by atoms with Gasteiger partial charge in [0.05, 0.1) is 11.8 Å². The second-order valence-corrected chi connectivity index (χ2v) is 6.20. The third kappa shape index (κ3) is 2.29. The first kappa shape index (κ1) is 13.4. The highest BCUT2D eigenvalue weighted by Crippen LogP contribution is 2.50. The molecule has 3 rings (SSSR count). The first-order chi connectivity index (χ1) is 9.51. The molecule has 106 valence electrons. The molecule has 1 amide bonds. The van der Waals surface area contributed by atoms with Crippen LogP contribution in [0.4, 0.5) is 0 Å². The summed E-state index contributed by atoms with van der Waals surface area (Å²) in [5.74, 6) is -0.542. The Labute approximate surface area is 122 Å². The van der Waals surface area contributed by atoms with E-state index in [9.17, 15) is 9.59 Å². The molecule has 1 aliphatic heterocycles. The van der Waals surface area contributed by atoms with Gasteiger partial charge in [-0.2, -0.15) is 0 Å². The largest absolute Gasteiger partial charge is 0.481 e. The molecule has 4 nitrogen and oxygen atoms in total. The van der Waals surface area contributed by atoms with Crippen molar-refractivity contribution in [3.8, 4) is 0 Å². The molecule has 1 aliphatic carbocycles. The number of carboxylic acid groups (broad SMARTS) is 1. The predicted molar refractivity (Wildman–Crippen MR) is 74.7 cm³/mol. The molecule has 1 heterocycles. The number of hydrogen-bond acceptors (Lipinski definition) is 2. The van der Waals surface area contributed by atoms with Crippen molar-refractivity contribution < 1.29 is 14.7 Å². The van der Waals surface area contributed by atoms with Gasteiger partial charge in [-0.15, -0.1) is 0 Å². The van der Waals surface area contributed by atoms with Crippen LogP contribution in [0.15, 0.2) is 24.3 Å². The molecule has 0 bridgehead atoms. The summed E-state index contributed by atoms with van der Waals surface area (Å²) in [5.41, 5.74) is 0.646.